The van der Waals surface area contributed by atoms with Crippen molar-refractivity contribution in [3.8, 4) is 0 Å². The maximum absolute atomic E-state index is 4.23. The molecule has 2 N–H and O–H groups in total. The summed E-state index contributed by atoms with van der Waals surface area (Å²) in [5.74, 6) is 1.58. The highest BCUT2D eigenvalue weighted by Gasteiger charge is 2.02. The van der Waals surface area contributed by atoms with Crippen molar-refractivity contribution in [3.63, 3.8) is 0 Å². The van der Waals surface area contributed by atoms with Gasteiger partial charge >= 0.3 is 0 Å². The van der Waals surface area contributed by atoms with Crippen molar-refractivity contribution in [2.45, 2.75) is 0 Å². The van der Waals surface area contributed by atoms with Crippen LogP contribution in [0, 0.1) is 0 Å². The van der Waals surface area contributed by atoms with E-state index in [9.17, 15) is 0 Å². The van der Waals surface area contributed by atoms with Crippen LogP contribution in [0.25, 0.3) is 0 Å². The van der Waals surface area contributed by atoms with E-state index in [1.54, 1.807) is 6.33 Å². The van der Waals surface area contributed by atoms with Crippen LogP contribution in [0.15, 0.2) is 41.1 Å². The Bertz CT molecular complexity index is 559. The lowest BCUT2D eigenvalue weighted by molar-refractivity contribution is 0.425. The fourth-order valence-electron chi connectivity index (χ4n) is 1.63. The lowest BCUT2D eigenvalue weighted by Gasteiger charge is -2.12. The highest BCUT2D eigenvalue weighted by Crippen LogP contribution is 2.24. The molecular formula is C14H18BrN5. The van der Waals surface area contributed by atoms with Crippen LogP contribution in [0.2, 0.25) is 0 Å². The molecule has 0 atom stereocenters. The summed E-state index contributed by atoms with van der Waals surface area (Å²) in [6.45, 7) is 1.80. The summed E-state index contributed by atoms with van der Waals surface area (Å²) in [6, 6.07) is 9.83. The molecule has 0 spiro atoms. The first kappa shape index (κ1) is 14.7. The molecule has 0 saturated carbocycles. The molecule has 1 aromatic heterocycles. The molecule has 1 aromatic carbocycles. The van der Waals surface area contributed by atoms with Crippen molar-refractivity contribution in [2.75, 3.05) is 37.8 Å². The van der Waals surface area contributed by atoms with E-state index in [1.165, 1.54) is 0 Å². The molecule has 0 saturated heterocycles. The van der Waals surface area contributed by atoms with Crippen molar-refractivity contribution in [2.24, 2.45) is 0 Å². The lowest BCUT2D eigenvalue weighted by atomic mass is 10.3. The minimum Gasteiger partial charge on any atom is -0.369 e. The highest BCUT2D eigenvalue weighted by atomic mass is 79.9. The summed E-state index contributed by atoms with van der Waals surface area (Å²) in [7, 11) is 4.09. The summed E-state index contributed by atoms with van der Waals surface area (Å²) in [5, 5.41) is 6.54. The quantitative estimate of drug-likeness (QED) is 0.849. The zero-order chi connectivity index (χ0) is 14.4. The summed E-state index contributed by atoms with van der Waals surface area (Å²) in [6.07, 6.45) is 1.55. The standard InChI is InChI=1S/C14H18BrN5/c1-20(2)8-7-16-13-9-14(18-10-17-13)19-12-6-4-3-5-11(12)15/h3-6,9-10H,7-8H2,1-2H3,(H2,16,17,18,19). The van der Waals surface area contributed by atoms with E-state index in [1.807, 2.05) is 44.4 Å². The van der Waals surface area contributed by atoms with Gasteiger partial charge in [-0.2, -0.15) is 0 Å². The van der Waals surface area contributed by atoms with Crippen molar-refractivity contribution >= 4 is 33.3 Å². The summed E-state index contributed by atoms with van der Waals surface area (Å²) in [4.78, 5) is 10.6. The number of para-hydroxylation sites is 1. The SMILES string of the molecule is CN(C)CCNc1cc(Nc2ccccc2Br)ncn1. The van der Waals surface area contributed by atoms with Crippen molar-refractivity contribution in [3.05, 3.63) is 41.1 Å². The van der Waals surface area contributed by atoms with Crippen LogP contribution in [0.5, 0.6) is 0 Å². The molecular weight excluding hydrogens is 318 g/mol. The summed E-state index contributed by atoms with van der Waals surface area (Å²) >= 11 is 3.50. The number of anilines is 3. The molecule has 0 aliphatic rings. The number of benzene rings is 1. The summed E-state index contributed by atoms with van der Waals surface area (Å²) < 4.78 is 1.00. The van der Waals surface area contributed by atoms with Gasteiger partial charge in [0.2, 0.25) is 0 Å². The Kier molecular flexibility index (Phi) is 5.31. The van der Waals surface area contributed by atoms with E-state index in [4.69, 9.17) is 0 Å². The normalized spacial score (nSPS) is 10.6. The minimum atomic E-state index is 0.763. The monoisotopic (exact) mass is 335 g/mol. The smallest absolute Gasteiger partial charge is 0.135 e. The molecule has 1 heterocycles. The molecule has 0 unspecified atom stereocenters. The van der Waals surface area contributed by atoms with Gasteiger partial charge in [-0.3, -0.25) is 0 Å². The molecule has 106 valence electrons. The van der Waals surface area contributed by atoms with E-state index >= 15 is 0 Å². The number of rotatable bonds is 6. The molecule has 0 bridgehead atoms. The van der Waals surface area contributed by atoms with Gasteiger partial charge in [0, 0.05) is 23.6 Å². The van der Waals surface area contributed by atoms with E-state index in [0.29, 0.717) is 0 Å². The molecule has 6 heteroatoms. The zero-order valence-electron chi connectivity index (χ0n) is 11.6. The molecule has 2 rings (SSSR count). The molecule has 5 nitrogen and oxygen atoms in total. The van der Waals surface area contributed by atoms with Gasteiger partial charge in [0.25, 0.3) is 0 Å². The maximum Gasteiger partial charge on any atom is 0.135 e. The number of nitrogens with one attached hydrogen (secondary N) is 2. The first-order valence-corrected chi connectivity index (χ1v) is 7.16. The first-order chi connectivity index (χ1) is 9.65. The lowest BCUT2D eigenvalue weighted by Crippen LogP contribution is -2.21. The van der Waals surface area contributed by atoms with Crippen LogP contribution in [-0.4, -0.2) is 42.1 Å². The Morgan fingerprint density at radius 1 is 1.15 bits per heavy atom. The third kappa shape index (κ3) is 4.47. The Morgan fingerprint density at radius 3 is 2.65 bits per heavy atom. The van der Waals surface area contributed by atoms with Crippen LogP contribution in [0.1, 0.15) is 0 Å². The average Bonchev–Trinajstić information content (AvgIpc) is 2.41. The van der Waals surface area contributed by atoms with Gasteiger partial charge in [-0.15, -0.1) is 0 Å². The first-order valence-electron chi connectivity index (χ1n) is 6.37. The van der Waals surface area contributed by atoms with Crippen molar-refractivity contribution < 1.29 is 0 Å². The van der Waals surface area contributed by atoms with E-state index in [2.05, 4.69) is 41.4 Å². The predicted octanol–water partition coefficient (Wildman–Crippen LogP) is 2.96. The van der Waals surface area contributed by atoms with Crippen molar-refractivity contribution in [1.29, 1.82) is 0 Å². The molecule has 0 fully saturated rings. The highest BCUT2D eigenvalue weighted by molar-refractivity contribution is 9.10. The fourth-order valence-corrected chi connectivity index (χ4v) is 2.01. The van der Waals surface area contributed by atoms with Gasteiger partial charge in [0.15, 0.2) is 0 Å². The molecule has 0 amide bonds. The largest absolute Gasteiger partial charge is 0.369 e. The maximum atomic E-state index is 4.23. The average molecular weight is 336 g/mol. The van der Waals surface area contributed by atoms with Crippen molar-refractivity contribution in [1.82, 2.24) is 14.9 Å². The van der Waals surface area contributed by atoms with Gasteiger partial charge in [-0.05, 0) is 42.2 Å². The molecule has 2 aromatic rings. The van der Waals surface area contributed by atoms with Crippen LogP contribution in [0.4, 0.5) is 17.3 Å². The number of nitrogens with zero attached hydrogens (tertiary/aromatic N) is 3. The Balaban J connectivity index is 2.01. The van der Waals surface area contributed by atoms with Crippen LogP contribution >= 0.6 is 15.9 Å². The number of hydrogen-bond acceptors (Lipinski definition) is 5. The topological polar surface area (TPSA) is 53.1 Å². The predicted molar refractivity (Wildman–Crippen MR) is 86.5 cm³/mol. The third-order valence-electron chi connectivity index (χ3n) is 2.67. The summed E-state index contributed by atoms with van der Waals surface area (Å²) in [5.41, 5.74) is 0.977. The van der Waals surface area contributed by atoms with Crippen LogP contribution in [-0.2, 0) is 0 Å². The Morgan fingerprint density at radius 2 is 1.90 bits per heavy atom. The van der Waals surface area contributed by atoms with E-state index in [0.717, 1.165) is 34.9 Å². The third-order valence-corrected chi connectivity index (χ3v) is 3.36. The number of hydrogen-bond donors (Lipinski definition) is 2. The zero-order valence-corrected chi connectivity index (χ0v) is 13.2. The Labute approximate surface area is 127 Å². The van der Waals surface area contributed by atoms with Gasteiger partial charge in [-0.1, -0.05) is 12.1 Å². The molecule has 0 aliphatic carbocycles. The van der Waals surface area contributed by atoms with Gasteiger partial charge < -0.3 is 15.5 Å². The number of halogens is 1. The Hall–Kier alpha value is -1.66. The molecule has 20 heavy (non-hydrogen) atoms. The van der Waals surface area contributed by atoms with E-state index in [-0.39, 0.29) is 0 Å². The second-order valence-corrected chi connectivity index (χ2v) is 5.48. The second kappa shape index (κ2) is 7.21. The number of aromatic nitrogens is 2. The van der Waals surface area contributed by atoms with Gasteiger partial charge in [-0.25, -0.2) is 9.97 Å². The molecule has 0 radical (unpaired) electrons. The fraction of sp³-hybridized carbons (Fsp3) is 0.286. The van der Waals surface area contributed by atoms with Crippen LogP contribution < -0.4 is 10.6 Å². The minimum absolute atomic E-state index is 0.763. The molecule has 0 aliphatic heterocycles. The van der Waals surface area contributed by atoms with E-state index < -0.39 is 0 Å². The van der Waals surface area contributed by atoms with Gasteiger partial charge in [0.1, 0.15) is 18.0 Å². The number of likely N-dealkylation sites (N-methyl/N-ethyl adjacent to an activating group) is 1. The second-order valence-electron chi connectivity index (χ2n) is 4.62. The van der Waals surface area contributed by atoms with Crippen LogP contribution in [0.3, 0.4) is 0 Å². The van der Waals surface area contributed by atoms with Gasteiger partial charge in [0.05, 0.1) is 5.69 Å².